The molecule has 0 spiro atoms. The molecule has 0 bridgehead atoms. The molecule has 0 aliphatic rings. The van der Waals surface area contributed by atoms with Crippen molar-refractivity contribution in [1.29, 1.82) is 0 Å². The number of hydrogen-bond donors (Lipinski definition) is 0. The Morgan fingerprint density at radius 2 is 2.57 bits per heavy atom. The Hall–Kier alpha value is -0.795. The van der Waals surface area contributed by atoms with Gasteiger partial charge in [0.15, 0.2) is 0 Å². The molecular weight excluding hydrogens is 88.9 g/mol. The molecule has 36 valence electrons. The van der Waals surface area contributed by atoms with Gasteiger partial charge in [-0.05, 0) is 6.92 Å². The van der Waals surface area contributed by atoms with E-state index in [9.17, 15) is 0 Å². The number of rotatable bonds is 0. The molecule has 1 heterocycles. The van der Waals surface area contributed by atoms with Crippen molar-refractivity contribution in [3.8, 4) is 0 Å². The van der Waals surface area contributed by atoms with Crippen molar-refractivity contribution in [2.75, 3.05) is 0 Å². The van der Waals surface area contributed by atoms with Crippen LogP contribution in [0.2, 0.25) is 0 Å². The molecule has 0 radical (unpaired) electrons. The predicted octanol–water partition coefficient (Wildman–Crippen LogP) is -1.02. The van der Waals surface area contributed by atoms with Crippen molar-refractivity contribution < 1.29 is 0 Å². The monoisotopic (exact) mass is 95.1 g/mol. The normalized spacial score (nSPS) is 9.29. The Morgan fingerprint density at radius 1 is 1.86 bits per heavy atom. The van der Waals surface area contributed by atoms with Gasteiger partial charge in [-0.3, -0.25) is 0 Å². The molecule has 0 atom stereocenters. The molecule has 0 aliphatic carbocycles. The van der Waals surface area contributed by atoms with Gasteiger partial charge < -0.3 is 4.59 Å². The van der Waals surface area contributed by atoms with E-state index in [1.165, 1.54) is 0 Å². The molecule has 1 rings (SSSR count). The van der Waals surface area contributed by atoms with Crippen molar-refractivity contribution in [3.05, 3.63) is 12.2 Å². The first-order valence-electron chi connectivity index (χ1n) is 2.11. The topological polar surface area (TPSA) is 30.7 Å². The maximum atomic E-state index is 3.92. The van der Waals surface area contributed by atoms with Crippen molar-refractivity contribution in [2.24, 2.45) is 0 Å². The Bertz CT molecular complexity index is 142. The minimum atomic E-state index is 0.822. The summed E-state index contributed by atoms with van der Waals surface area (Å²) in [5, 5.41) is 3.92. The van der Waals surface area contributed by atoms with Gasteiger partial charge in [0.05, 0.1) is 6.33 Å². The maximum absolute atomic E-state index is 3.92. The highest BCUT2D eigenvalue weighted by Crippen LogP contribution is 1.78. The lowest BCUT2D eigenvalue weighted by Crippen LogP contribution is -1.89. The van der Waals surface area contributed by atoms with Gasteiger partial charge in [-0.2, -0.15) is 5.10 Å². The average Bonchev–Trinajstić information content (AvgIpc) is 1.87. The highest BCUT2D eigenvalue weighted by atomic mass is 15.3. The molecule has 0 aliphatic heterocycles. The molecule has 4 heteroatoms. The van der Waals surface area contributed by atoms with E-state index < -0.39 is 0 Å². The second-order valence-corrected chi connectivity index (χ2v) is 1.47. The van der Waals surface area contributed by atoms with E-state index in [1.807, 2.05) is 14.9 Å². The van der Waals surface area contributed by atoms with Crippen molar-refractivity contribution in [2.45, 2.75) is 6.92 Å². The van der Waals surface area contributed by atoms with E-state index >= 15 is 0 Å². The van der Waals surface area contributed by atoms with Crippen LogP contribution in [0.25, 0.3) is 0 Å². The number of aryl methyl sites for hydroxylation is 1. The first-order chi connectivity index (χ1) is 3.29. The Morgan fingerprint density at radius 3 is 2.71 bits per heavy atom. The van der Waals surface area contributed by atoms with E-state index in [2.05, 4.69) is 10.1 Å². The maximum Gasteiger partial charge on any atom is 0.250 e. The van der Waals surface area contributed by atoms with Crippen LogP contribution in [0.1, 0.15) is 5.82 Å². The highest BCUT2D eigenvalue weighted by molar-refractivity contribution is 6.05. The molecule has 3 nitrogen and oxygen atoms in total. The van der Waals surface area contributed by atoms with Crippen LogP contribution in [0, 0.1) is 6.92 Å². The van der Waals surface area contributed by atoms with Gasteiger partial charge in [0.25, 0.3) is 7.98 Å². The van der Waals surface area contributed by atoms with Gasteiger partial charge in [-0.25, -0.2) is 4.98 Å². The first-order valence-corrected chi connectivity index (χ1v) is 2.11. The molecule has 0 N–H and O–H groups in total. The summed E-state index contributed by atoms with van der Waals surface area (Å²) in [6.45, 7) is 1.86. The van der Waals surface area contributed by atoms with Crippen LogP contribution in [0.15, 0.2) is 6.33 Å². The SMILES string of the molecule is Bn1cnc(C)n1. The standard InChI is InChI=1S/C3H6BN3/c1-3-5-2-7(4)6-3/h2H,4H2,1H3. The second-order valence-electron chi connectivity index (χ2n) is 1.47. The smallest absolute Gasteiger partial charge is 0.250 e. The van der Waals surface area contributed by atoms with E-state index in [1.54, 1.807) is 10.9 Å². The summed E-state index contributed by atoms with van der Waals surface area (Å²) < 4.78 is 1.68. The molecule has 0 saturated heterocycles. The molecule has 1 aromatic heterocycles. The van der Waals surface area contributed by atoms with E-state index in [4.69, 9.17) is 0 Å². The third-order valence-corrected chi connectivity index (χ3v) is 0.714. The predicted molar refractivity (Wildman–Crippen MR) is 28.7 cm³/mol. The van der Waals surface area contributed by atoms with E-state index in [-0.39, 0.29) is 0 Å². The van der Waals surface area contributed by atoms with E-state index in [0.29, 0.717) is 0 Å². The van der Waals surface area contributed by atoms with Gasteiger partial charge in [0.2, 0.25) is 0 Å². The van der Waals surface area contributed by atoms with Gasteiger partial charge in [-0.1, -0.05) is 0 Å². The molecule has 7 heavy (non-hydrogen) atoms. The lowest BCUT2D eigenvalue weighted by molar-refractivity contribution is 0.961. The van der Waals surface area contributed by atoms with Crippen LogP contribution >= 0.6 is 0 Å². The zero-order valence-corrected chi connectivity index (χ0v) is 4.42. The zero-order valence-electron chi connectivity index (χ0n) is 4.42. The Labute approximate surface area is 42.8 Å². The number of aromatic nitrogens is 3. The zero-order chi connectivity index (χ0) is 5.28. The number of nitrogens with zero attached hydrogens (tertiary/aromatic N) is 3. The van der Waals surface area contributed by atoms with Crippen molar-refractivity contribution in [3.63, 3.8) is 0 Å². The average molecular weight is 94.9 g/mol. The fourth-order valence-corrected chi connectivity index (χ4v) is 0.447. The minimum absolute atomic E-state index is 0.822. The molecule has 0 aromatic carbocycles. The van der Waals surface area contributed by atoms with E-state index in [0.717, 1.165) is 5.82 Å². The van der Waals surface area contributed by atoms with Gasteiger partial charge in [-0.15, -0.1) is 0 Å². The summed E-state index contributed by atoms with van der Waals surface area (Å²) >= 11 is 0. The third kappa shape index (κ3) is 0.794. The molecule has 1 aromatic rings. The molecule has 0 amide bonds. The Kier molecular flexibility index (Phi) is 0.853. The van der Waals surface area contributed by atoms with Gasteiger partial charge in [0, 0.05) is 0 Å². The van der Waals surface area contributed by atoms with Crippen LogP contribution in [-0.2, 0) is 0 Å². The fourth-order valence-electron chi connectivity index (χ4n) is 0.447. The lowest BCUT2D eigenvalue weighted by atomic mass is 10.5. The quantitative estimate of drug-likeness (QED) is 0.386. The summed E-state index contributed by atoms with van der Waals surface area (Å²) in [4.78, 5) is 3.87. The first kappa shape index (κ1) is 4.37. The van der Waals surface area contributed by atoms with Crippen molar-refractivity contribution in [1.82, 2.24) is 14.7 Å². The number of hydrogen-bond acceptors (Lipinski definition) is 2. The molecular formula is C3H6BN3. The second kappa shape index (κ2) is 1.37. The summed E-state index contributed by atoms with van der Waals surface area (Å²) in [6, 6.07) is 0. The summed E-state index contributed by atoms with van der Waals surface area (Å²) in [5.74, 6) is 0.822. The van der Waals surface area contributed by atoms with Crippen LogP contribution < -0.4 is 0 Å². The summed E-state index contributed by atoms with van der Waals surface area (Å²) in [6.07, 6.45) is 1.68. The molecule has 0 saturated carbocycles. The van der Waals surface area contributed by atoms with Gasteiger partial charge >= 0.3 is 0 Å². The fraction of sp³-hybridized carbons (Fsp3) is 0.333. The lowest BCUT2D eigenvalue weighted by Gasteiger charge is -1.77. The molecule has 0 unspecified atom stereocenters. The van der Waals surface area contributed by atoms with Crippen molar-refractivity contribution >= 4 is 7.98 Å². The Balaban J connectivity index is 3.04. The highest BCUT2D eigenvalue weighted by Gasteiger charge is 1.83. The summed E-state index contributed by atoms with van der Waals surface area (Å²) in [5.41, 5.74) is 0. The van der Waals surface area contributed by atoms with Crippen LogP contribution in [0.3, 0.4) is 0 Å². The third-order valence-electron chi connectivity index (χ3n) is 0.714. The largest absolute Gasteiger partial charge is 0.309 e. The van der Waals surface area contributed by atoms with Gasteiger partial charge in [0.1, 0.15) is 5.82 Å². The minimum Gasteiger partial charge on any atom is -0.309 e. The summed E-state index contributed by atoms with van der Waals surface area (Å²) in [7, 11) is 1.85. The van der Waals surface area contributed by atoms with Crippen LogP contribution in [0.4, 0.5) is 0 Å². The molecule has 0 fully saturated rings. The van der Waals surface area contributed by atoms with Crippen LogP contribution in [-0.4, -0.2) is 22.7 Å². The van der Waals surface area contributed by atoms with Crippen LogP contribution in [0.5, 0.6) is 0 Å².